The number of rotatable bonds is 7. The van der Waals surface area contributed by atoms with E-state index in [1.165, 1.54) is 4.88 Å². The Morgan fingerprint density at radius 1 is 0.931 bits per heavy atom. The summed E-state index contributed by atoms with van der Waals surface area (Å²) in [6, 6.07) is 15.9. The Morgan fingerprint density at radius 2 is 1.66 bits per heavy atom. The van der Waals surface area contributed by atoms with E-state index in [9.17, 15) is 0 Å². The molecule has 0 saturated heterocycles. The summed E-state index contributed by atoms with van der Waals surface area (Å²) in [7, 11) is 0. The van der Waals surface area contributed by atoms with Crippen molar-refractivity contribution in [3.8, 4) is 38.3 Å². The molecule has 0 saturated carbocycles. The lowest BCUT2D eigenvalue weighted by Crippen LogP contribution is -1.95. The SMILES string of the molecule is CCCCOc1ccc(-c2csc(-c3nc(-c4ccc(Cl)cc4)c(C)s3)n2)cc1. The zero-order valence-electron chi connectivity index (χ0n) is 16.3. The van der Waals surface area contributed by atoms with Crippen molar-refractivity contribution < 1.29 is 4.74 Å². The highest BCUT2D eigenvalue weighted by Crippen LogP contribution is 2.36. The average molecular weight is 441 g/mol. The monoisotopic (exact) mass is 440 g/mol. The van der Waals surface area contributed by atoms with Crippen LogP contribution in [0.1, 0.15) is 24.6 Å². The van der Waals surface area contributed by atoms with E-state index >= 15 is 0 Å². The molecule has 0 unspecified atom stereocenters. The first-order valence-corrected chi connectivity index (χ1v) is 11.6. The fraction of sp³-hybridized carbons (Fsp3) is 0.217. The van der Waals surface area contributed by atoms with Gasteiger partial charge in [0.15, 0.2) is 10.0 Å². The fourth-order valence-corrected chi connectivity index (χ4v) is 4.85. The Bertz CT molecular complexity index is 1090. The molecule has 29 heavy (non-hydrogen) atoms. The van der Waals surface area contributed by atoms with Crippen LogP contribution >= 0.6 is 34.3 Å². The summed E-state index contributed by atoms with van der Waals surface area (Å²) < 4.78 is 5.74. The smallest absolute Gasteiger partial charge is 0.153 e. The van der Waals surface area contributed by atoms with E-state index in [2.05, 4.69) is 31.4 Å². The van der Waals surface area contributed by atoms with E-state index in [0.29, 0.717) is 0 Å². The highest BCUT2D eigenvalue weighted by molar-refractivity contribution is 7.21. The lowest BCUT2D eigenvalue weighted by molar-refractivity contribution is 0.309. The Balaban J connectivity index is 1.53. The van der Waals surface area contributed by atoms with Crippen LogP contribution in [0.5, 0.6) is 5.75 Å². The predicted octanol–water partition coefficient (Wildman–Crippen LogP) is 7.74. The van der Waals surface area contributed by atoms with Crippen LogP contribution in [0, 0.1) is 6.92 Å². The van der Waals surface area contributed by atoms with Crippen molar-refractivity contribution in [3.05, 3.63) is 63.8 Å². The van der Waals surface area contributed by atoms with E-state index in [1.54, 1.807) is 22.7 Å². The molecule has 0 spiro atoms. The van der Waals surface area contributed by atoms with Gasteiger partial charge in [0.25, 0.3) is 0 Å². The molecule has 0 bridgehead atoms. The van der Waals surface area contributed by atoms with E-state index in [4.69, 9.17) is 26.3 Å². The molecular weight excluding hydrogens is 420 g/mol. The Labute approximate surface area is 184 Å². The molecule has 0 atom stereocenters. The maximum absolute atomic E-state index is 6.01. The second-order valence-electron chi connectivity index (χ2n) is 6.69. The third-order valence-electron chi connectivity index (χ3n) is 4.52. The second-order valence-corrected chi connectivity index (χ2v) is 9.19. The molecule has 0 fully saturated rings. The highest BCUT2D eigenvalue weighted by Gasteiger charge is 2.15. The minimum atomic E-state index is 0.730. The van der Waals surface area contributed by atoms with Gasteiger partial charge in [-0.2, -0.15) is 0 Å². The van der Waals surface area contributed by atoms with Crippen molar-refractivity contribution in [2.24, 2.45) is 0 Å². The summed E-state index contributed by atoms with van der Waals surface area (Å²) >= 11 is 9.30. The van der Waals surface area contributed by atoms with Crippen molar-refractivity contribution >= 4 is 34.3 Å². The zero-order chi connectivity index (χ0) is 20.2. The Morgan fingerprint density at radius 3 is 2.38 bits per heavy atom. The van der Waals surface area contributed by atoms with E-state index in [0.717, 1.165) is 62.8 Å². The van der Waals surface area contributed by atoms with Gasteiger partial charge in [-0.1, -0.05) is 37.1 Å². The van der Waals surface area contributed by atoms with Crippen molar-refractivity contribution in [1.82, 2.24) is 9.97 Å². The number of thiazole rings is 2. The fourth-order valence-electron chi connectivity index (χ4n) is 2.92. The minimum absolute atomic E-state index is 0.730. The largest absolute Gasteiger partial charge is 0.494 e. The normalized spacial score (nSPS) is 11.0. The lowest BCUT2D eigenvalue weighted by Gasteiger charge is -2.05. The first-order chi connectivity index (χ1) is 14.1. The first kappa shape index (κ1) is 20.1. The number of hydrogen-bond acceptors (Lipinski definition) is 5. The van der Waals surface area contributed by atoms with E-state index < -0.39 is 0 Å². The van der Waals surface area contributed by atoms with E-state index in [1.807, 2.05) is 36.4 Å². The van der Waals surface area contributed by atoms with Gasteiger partial charge in [0.05, 0.1) is 18.0 Å². The first-order valence-electron chi connectivity index (χ1n) is 9.56. The van der Waals surface area contributed by atoms with Crippen LogP contribution < -0.4 is 4.74 Å². The summed E-state index contributed by atoms with van der Waals surface area (Å²) in [4.78, 5) is 10.8. The van der Waals surface area contributed by atoms with Crippen molar-refractivity contribution in [2.45, 2.75) is 26.7 Å². The summed E-state index contributed by atoms with van der Waals surface area (Å²) in [5, 5.41) is 4.70. The standard InChI is InChI=1S/C23H21ClN2OS2/c1-3-4-13-27-19-11-7-16(8-12-19)20-14-28-22(25-20)23-26-21(15(2)29-23)17-5-9-18(24)10-6-17/h5-12,14H,3-4,13H2,1-2H3. The molecule has 6 heteroatoms. The number of hydrogen-bond donors (Lipinski definition) is 0. The molecule has 4 rings (SSSR count). The number of benzene rings is 2. The van der Waals surface area contributed by atoms with Gasteiger partial charge in [0, 0.05) is 26.4 Å². The molecule has 0 N–H and O–H groups in total. The van der Waals surface area contributed by atoms with Crippen molar-refractivity contribution in [1.29, 1.82) is 0 Å². The van der Waals surface area contributed by atoms with Gasteiger partial charge in [-0.05, 0) is 49.7 Å². The predicted molar refractivity (Wildman–Crippen MR) is 124 cm³/mol. The molecule has 4 aromatic rings. The van der Waals surface area contributed by atoms with Crippen molar-refractivity contribution in [2.75, 3.05) is 6.61 Å². The summed E-state index contributed by atoms with van der Waals surface area (Å²) in [6.07, 6.45) is 2.21. The molecular formula is C23H21ClN2OS2. The molecule has 0 amide bonds. The second kappa shape index (κ2) is 9.08. The van der Waals surface area contributed by atoms with Crippen LogP contribution in [-0.4, -0.2) is 16.6 Å². The topological polar surface area (TPSA) is 35.0 Å². The minimum Gasteiger partial charge on any atom is -0.494 e. The number of nitrogens with zero attached hydrogens (tertiary/aromatic N) is 2. The van der Waals surface area contributed by atoms with Crippen LogP contribution in [-0.2, 0) is 0 Å². The van der Waals surface area contributed by atoms with Gasteiger partial charge in [-0.25, -0.2) is 9.97 Å². The molecule has 2 aromatic carbocycles. The van der Waals surface area contributed by atoms with Gasteiger partial charge in [-0.15, -0.1) is 22.7 Å². The van der Waals surface area contributed by atoms with Crippen LogP contribution in [0.15, 0.2) is 53.9 Å². The van der Waals surface area contributed by atoms with Crippen LogP contribution in [0.2, 0.25) is 5.02 Å². The quantitative estimate of drug-likeness (QED) is 0.275. The number of ether oxygens (including phenoxy) is 1. The average Bonchev–Trinajstić information content (AvgIpc) is 3.36. The maximum Gasteiger partial charge on any atom is 0.153 e. The zero-order valence-corrected chi connectivity index (χ0v) is 18.7. The van der Waals surface area contributed by atoms with Gasteiger partial charge in [-0.3, -0.25) is 0 Å². The van der Waals surface area contributed by atoms with Crippen LogP contribution in [0.3, 0.4) is 0 Å². The Kier molecular flexibility index (Phi) is 6.28. The molecule has 0 aliphatic heterocycles. The number of halogens is 1. The van der Waals surface area contributed by atoms with Gasteiger partial charge < -0.3 is 4.74 Å². The Hall–Kier alpha value is -2.21. The third-order valence-corrected chi connectivity index (χ3v) is 6.73. The van der Waals surface area contributed by atoms with Gasteiger partial charge >= 0.3 is 0 Å². The van der Waals surface area contributed by atoms with Crippen molar-refractivity contribution in [3.63, 3.8) is 0 Å². The lowest BCUT2D eigenvalue weighted by atomic mass is 10.1. The number of unbranched alkanes of at least 4 members (excludes halogenated alkanes) is 1. The molecule has 2 aromatic heterocycles. The van der Waals surface area contributed by atoms with E-state index in [-0.39, 0.29) is 0 Å². The number of aromatic nitrogens is 2. The molecule has 2 heterocycles. The van der Waals surface area contributed by atoms with Crippen LogP contribution in [0.4, 0.5) is 0 Å². The molecule has 3 nitrogen and oxygen atoms in total. The molecule has 0 aliphatic carbocycles. The van der Waals surface area contributed by atoms with Gasteiger partial charge in [0.2, 0.25) is 0 Å². The molecule has 0 radical (unpaired) electrons. The summed E-state index contributed by atoms with van der Waals surface area (Å²) in [5.41, 5.74) is 4.12. The third kappa shape index (κ3) is 4.69. The molecule has 0 aliphatic rings. The summed E-state index contributed by atoms with van der Waals surface area (Å²) in [6.45, 7) is 5.02. The number of aryl methyl sites for hydroxylation is 1. The molecule has 148 valence electrons. The maximum atomic E-state index is 6.01. The van der Waals surface area contributed by atoms with Crippen LogP contribution in [0.25, 0.3) is 32.5 Å². The van der Waals surface area contributed by atoms with Gasteiger partial charge in [0.1, 0.15) is 5.75 Å². The highest BCUT2D eigenvalue weighted by atomic mass is 35.5. The summed E-state index contributed by atoms with van der Waals surface area (Å²) in [5.74, 6) is 0.904.